The Morgan fingerprint density at radius 2 is 1.59 bits per heavy atom. The van der Waals surface area contributed by atoms with Crippen molar-refractivity contribution in [2.24, 2.45) is 5.73 Å². The van der Waals surface area contributed by atoms with Gasteiger partial charge in [-0.25, -0.2) is 4.79 Å². The van der Waals surface area contributed by atoms with Gasteiger partial charge in [-0.15, -0.1) is 0 Å². The second-order valence-corrected chi connectivity index (χ2v) is 9.47. The number of amides is 1. The molecule has 6 heteroatoms. The van der Waals surface area contributed by atoms with Gasteiger partial charge in [0.05, 0.1) is 16.4 Å². The normalized spacial score (nSPS) is 11.3. The molecule has 5 aromatic rings. The van der Waals surface area contributed by atoms with Crippen molar-refractivity contribution >= 4 is 33.7 Å². The van der Waals surface area contributed by atoms with Crippen LogP contribution in [0.4, 0.5) is 0 Å². The lowest BCUT2D eigenvalue weighted by Gasteiger charge is -2.14. The Kier molecular flexibility index (Phi) is 6.40. The van der Waals surface area contributed by atoms with Gasteiger partial charge in [-0.1, -0.05) is 68.4 Å². The topological polar surface area (TPSA) is 94.6 Å². The Balaban J connectivity index is 1.77. The zero-order valence-electron chi connectivity index (χ0n) is 20.8. The summed E-state index contributed by atoms with van der Waals surface area (Å²) in [6.45, 7) is 4.21. The highest BCUT2D eigenvalue weighted by Gasteiger charge is 2.22. The first-order chi connectivity index (χ1) is 17.8. The van der Waals surface area contributed by atoms with E-state index < -0.39 is 18.5 Å². The molecule has 0 fully saturated rings. The molecule has 3 N–H and O–H groups in total. The lowest BCUT2D eigenvalue weighted by Crippen LogP contribution is -2.12. The summed E-state index contributed by atoms with van der Waals surface area (Å²) in [5, 5.41) is 10.7. The number of rotatable bonds is 8. The molecule has 186 valence electrons. The van der Waals surface area contributed by atoms with Crippen LogP contribution in [0.5, 0.6) is 5.75 Å². The highest BCUT2D eigenvalue weighted by atomic mass is 16.5. The van der Waals surface area contributed by atoms with Crippen LogP contribution >= 0.6 is 0 Å². The predicted octanol–water partition coefficient (Wildman–Crippen LogP) is 6.20. The lowest BCUT2D eigenvalue weighted by molar-refractivity contribution is -0.139. The predicted molar refractivity (Wildman–Crippen MR) is 146 cm³/mol. The Labute approximate surface area is 214 Å². The molecule has 0 bridgehead atoms. The molecule has 5 rings (SSSR count). The number of nitrogens with zero attached hydrogens (tertiary/aromatic N) is 1. The molecule has 0 aliphatic rings. The first-order valence-electron chi connectivity index (χ1n) is 12.2. The first-order valence-corrected chi connectivity index (χ1v) is 12.2. The van der Waals surface area contributed by atoms with Crippen LogP contribution in [0.15, 0.2) is 84.9 Å². The van der Waals surface area contributed by atoms with Gasteiger partial charge < -0.3 is 20.1 Å². The van der Waals surface area contributed by atoms with Gasteiger partial charge in [0.25, 0.3) is 0 Å². The number of carboxylic acid groups (broad SMARTS) is 1. The third kappa shape index (κ3) is 4.66. The fourth-order valence-corrected chi connectivity index (χ4v) is 4.87. The van der Waals surface area contributed by atoms with E-state index >= 15 is 0 Å². The molecule has 1 heterocycles. The summed E-state index contributed by atoms with van der Waals surface area (Å²) in [5.41, 5.74) is 12.2. The lowest BCUT2D eigenvalue weighted by atomic mass is 9.99. The van der Waals surface area contributed by atoms with Gasteiger partial charge in [0.15, 0.2) is 6.61 Å². The van der Waals surface area contributed by atoms with E-state index in [4.69, 9.17) is 10.5 Å². The van der Waals surface area contributed by atoms with Crippen LogP contribution in [-0.2, 0) is 11.3 Å². The number of aliphatic carboxylic acids is 1. The maximum absolute atomic E-state index is 12.5. The standard InChI is InChI=1S/C31H28N2O4/c1-19(2)23-15-26-30(27(16-23)37-18-28(34)35)29-24(31(32)36)12-7-13-25(29)33(26)17-20-8-6-11-22(14-20)21-9-4-3-5-10-21/h3-16,19H,17-18H2,1-2H3,(H2,32,36)(H,34,35). The van der Waals surface area contributed by atoms with E-state index in [0.29, 0.717) is 28.6 Å². The quantitative estimate of drug-likeness (QED) is 0.270. The third-order valence-corrected chi connectivity index (χ3v) is 6.64. The minimum absolute atomic E-state index is 0.181. The van der Waals surface area contributed by atoms with E-state index in [1.54, 1.807) is 6.07 Å². The third-order valence-electron chi connectivity index (χ3n) is 6.64. The van der Waals surface area contributed by atoms with Gasteiger partial charge in [0, 0.05) is 17.5 Å². The van der Waals surface area contributed by atoms with Crippen molar-refractivity contribution in [3.63, 3.8) is 0 Å². The number of hydrogen-bond acceptors (Lipinski definition) is 3. The molecule has 37 heavy (non-hydrogen) atoms. The van der Waals surface area contributed by atoms with Crippen molar-refractivity contribution in [3.05, 3.63) is 102 Å². The minimum Gasteiger partial charge on any atom is -0.481 e. The molecule has 0 unspecified atom stereocenters. The van der Waals surface area contributed by atoms with Crippen molar-refractivity contribution in [3.8, 4) is 16.9 Å². The van der Waals surface area contributed by atoms with Gasteiger partial charge >= 0.3 is 5.97 Å². The van der Waals surface area contributed by atoms with Crippen LogP contribution in [-0.4, -0.2) is 28.2 Å². The van der Waals surface area contributed by atoms with Crippen molar-refractivity contribution in [2.45, 2.75) is 26.3 Å². The summed E-state index contributed by atoms with van der Waals surface area (Å²) in [6, 6.07) is 28.0. The number of ether oxygens (including phenoxy) is 1. The number of carbonyl (C=O) groups excluding carboxylic acids is 1. The zero-order valence-corrected chi connectivity index (χ0v) is 20.8. The maximum Gasteiger partial charge on any atom is 0.341 e. The van der Waals surface area contributed by atoms with E-state index in [0.717, 1.165) is 33.3 Å². The minimum atomic E-state index is -1.07. The molecular weight excluding hydrogens is 464 g/mol. The number of hydrogen-bond donors (Lipinski definition) is 2. The van der Waals surface area contributed by atoms with Crippen LogP contribution in [0.1, 0.15) is 41.3 Å². The summed E-state index contributed by atoms with van der Waals surface area (Å²) in [7, 11) is 0. The largest absolute Gasteiger partial charge is 0.481 e. The van der Waals surface area contributed by atoms with Gasteiger partial charge in [0.1, 0.15) is 5.75 Å². The monoisotopic (exact) mass is 492 g/mol. The molecule has 6 nitrogen and oxygen atoms in total. The van der Waals surface area contributed by atoms with Crippen molar-refractivity contribution < 1.29 is 19.4 Å². The van der Waals surface area contributed by atoms with E-state index in [1.165, 1.54) is 0 Å². The fourth-order valence-electron chi connectivity index (χ4n) is 4.87. The number of aromatic nitrogens is 1. The molecule has 0 saturated heterocycles. The van der Waals surface area contributed by atoms with Crippen molar-refractivity contribution in [1.82, 2.24) is 4.57 Å². The number of fused-ring (bicyclic) bond motifs is 3. The zero-order chi connectivity index (χ0) is 26.1. The molecule has 0 aliphatic heterocycles. The van der Waals surface area contributed by atoms with Crippen LogP contribution < -0.4 is 10.5 Å². The van der Waals surface area contributed by atoms with Gasteiger partial charge in [0.2, 0.25) is 5.91 Å². The summed E-state index contributed by atoms with van der Waals surface area (Å²) in [4.78, 5) is 23.8. The Bertz CT molecular complexity index is 1630. The summed E-state index contributed by atoms with van der Waals surface area (Å²) in [6.07, 6.45) is 0. The van der Waals surface area contributed by atoms with Gasteiger partial charge in [-0.2, -0.15) is 0 Å². The summed E-state index contributed by atoms with van der Waals surface area (Å²) >= 11 is 0. The molecular formula is C31H28N2O4. The number of primary amides is 1. The highest BCUT2D eigenvalue weighted by molar-refractivity contribution is 6.20. The van der Waals surface area contributed by atoms with Crippen LogP contribution in [0.25, 0.3) is 32.9 Å². The smallest absolute Gasteiger partial charge is 0.341 e. The van der Waals surface area contributed by atoms with E-state index in [1.807, 2.05) is 42.5 Å². The first kappa shape index (κ1) is 24.1. The van der Waals surface area contributed by atoms with Gasteiger partial charge in [-0.05, 0) is 58.5 Å². The Morgan fingerprint density at radius 1 is 0.865 bits per heavy atom. The Hall–Kier alpha value is -4.58. The van der Waals surface area contributed by atoms with Crippen molar-refractivity contribution in [2.75, 3.05) is 6.61 Å². The van der Waals surface area contributed by atoms with Crippen LogP contribution in [0.3, 0.4) is 0 Å². The average molecular weight is 493 g/mol. The van der Waals surface area contributed by atoms with E-state index in [-0.39, 0.29) is 5.92 Å². The average Bonchev–Trinajstić information content (AvgIpc) is 3.21. The molecule has 0 spiro atoms. The number of nitrogens with two attached hydrogens (primary N) is 1. The molecule has 1 amide bonds. The van der Waals surface area contributed by atoms with Crippen LogP contribution in [0.2, 0.25) is 0 Å². The van der Waals surface area contributed by atoms with Gasteiger partial charge in [-0.3, -0.25) is 4.79 Å². The van der Waals surface area contributed by atoms with E-state index in [9.17, 15) is 14.7 Å². The Morgan fingerprint density at radius 3 is 2.30 bits per heavy atom. The SMILES string of the molecule is CC(C)c1cc(OCC(=O)O)c2c3c(C(N)=O)cccc3n(Cc3cccc(-c4ccccc4)c3)c2c1. The van der Waals surface area contributed by atoms with Crippen molar-refractivity contribution in [1.29, 1.82) is 0 Å². The molecule has 4 aromatic carbocycles. The number of carbonyl (C=O) groups is 2. The second kappa shape index (κ2) is 9.82. The molecule has 0 atom stereocenters. The maximum atomic E-state index is 12.5. The van der Waals surface area contributed by atoms with Crippen LogP contribution in [0, 0.1) is 0 Å². The van der Waals surface area contributed by atoms with E-state index in [2.05, 4.69) is 54.8 Å². The molecule has 1 aromatic heterocycles. The summed E-state index contributed by atoms with van der Waals surface area (Å²) < 4.78 is 7.94. The molecule has 0 radical (unpaired) electrons. The fraction of sp³-hybridized carbons (Fsp3) is 0.161. The number of benzene rings is 4. The molecule has 0 saturated carbocycles. The second-order valence-electron chi connectivity index (χ2n) is 9.47. The molecule has 0 aliphatic carbocycles. The highest BCUT2D eigenvalue weighted by Crippen LogP contribution is 2.40. The summed E-state index contributed by atoms with van der Waals surface area (Å²) in [5.74, 6) is -1.01. The number of carboxylic acids is 1.